The minimum atomic E-state index is -4.08. The van der Waals surface area contributed by atoms with Gasteiger partial charge in [-0.25, -0.2) is 4.39 Å². The zero-order valence-corrected chi connectivity index (χ0v) is 23.2. The van der Waals surface area contributed by atoms with Gasteiger partial charge in [0.1, 0.15) is 11.6 Å². The molecule has 10 heteroatoms. The fraction of sp³-hybridized carbons (Fsp3) is 0.448. The van der Waals surface area contributed by atoms with Gasteiger partial charge in [0, 0.05) is 36.1 Å². The fourth-order valence-corrected chi connectivity index (χ4v) is 8.15. The Hall–Kier alpha value is -3.08. The lowest BCUT2D eigenvalue weighted by Gasteiger charge is -2.35. The normalized spacial score (nSPS) is 23.4. The molecular formula is C29H34FN3O5S. The average molecular weight is 556 g/mol. The lowest BCUT2D eigenvalue weighted by Crippen LogP contribution is -2.42. The Labute approximate surface area is 227 Å². The number of fused-ring (bicyclic) bond motifs is 2. The molecule has 1 aromatic heterocycles. The monoisotopic (exact) mass is 555 g/mol. The SMILES string of the molecule is CC1(C)C2CCC1(CS(=O)(=O)O)C(=O)C2.CNCc1ccc(-c2[nH]c3cc(F)cc4c3c2CCNC4=O)cc1. The maximum Gasteiger partial charge on any atom is 0.265 e. The first-order valence-electron chi connectivity index (χ1n) is 13.2. The minimum absolute atomic E-state index is 0.0152. The number of H-pyrrole nitrogens is 1. The van der Waals surface area contributed by atoms with Crippen LogP contribution in [-0.2, 0) is 27.9 Å². The number of rotatable bonds is 5. The third kappa shape index (κ3) is 4.79. The summed E-state index contributed by atoms with van der Waals surface area (Å²) < 4.78 is 44.9. The highest BCUT2D eigenvalue weighted by Crippen LogP contribution is 2.64. The second-order valence-electron chi connectivity index (χ2n) is 11.5. The maximum atomic E-state index is 13.9. The highest BCUT2D eigenvalue weighted by molar-refractivity contribution is 7.85. The van der Waals surface area contributed by atoms with Gasteiger partial charge in [0.25, 0.3) is 16.0 Å². The summed E-state index contributed by atoms with van der Waals surface area (Å²) in [6.07, 6.45) is 2.69. The Morgan fingerprint density at radius 2 is 1.87 bits per heavy atom. The molecule has 4 N–H and O–H groups in total. The van der Waals surface area contributed by atoms with Gasteiger partial charge < -0.3 is 15.6 Å². The summed E-state index contributed by atoms with van der Waals surface area (Å²) in [5.41, 5.74) is 4.24. The number of aromatic amines is 1. The standard InChI is InChI=1S/C19H18FN3O.C10H16O4S/c1-21-10-11-2-4-12(5-3-11)18-14-6-7-22-19(24)15-8-13(20)9-16(23-18)17(14)15;1-9(2)7-3-4-10(9,8(11)5-7)6-15(12,13)14/h2-5,8-9,21,23H,6-7,10H2,1H3,(H,22,24);7H,3-6H2,1-2H3,(H,12,13,14). The molecule has 1 aliphatic heterocycles. The van der Waals surface area contributed by atoms with Crippen LogP contribution in [0.5, 0.6) is 0 Å². The number of carbonyl (C=O) groups is 2. The van der Waals surface area contributed by atoms with Gasteiger partial charge >= 0.3 is 0 Å². The number of Topliss-reactive ketones (excluding diaryl/α,β-unsaturated/α-hetero) is 1. The van der Waals surface area contributed by atoms with Crippen molar-refractivity contribution in [3.8, 4) is 11.3 Å². The van der Waals surface area contributed by atoms with E-state index in [-0.39, 0.29) is 23.0 Å². The molecule has 2 bridgehead atoms. The van der Waals surface area contributed by atoms with Crippen LogP contribution in [0.3, 0.4) is 0 Å². The number of carbonyl (C=O) groups excluding carboxylic acids is 2. The molecule has 2 aliphatic carbocycles. The molecule has 1 amide bonds. The molecule has 2 saturated carbocycles. The number of ketones is 1. The van der Waals surface area contributed by atoms with Crippen molar-refractivity contribution in [3.63, 3.8) is 0 Å². The molecule has 2 heterocycles. The first kappa shape index (κ1) is 27.5. The molecule has 2 unspecified atom stereocenters. The van der Waals surface area contributed by atoms with E-state index in [0.29, 0.717) is 30.5 Å². The van der Waals surface area contributed by atoms with E-state index in [1.807, 2.05) is 20.9 Å². The average Bonchev–Trinajstić information content (AvgIpc) is 3.33. The molecule has 2 aromatic carbocycles. The van der Waals surface area contributed by atoms with Gasteiger partial charge in [-0.15, -0.1) is 0 Å². The van der Waals surface area contributed by atoms with Crippen molar-refractivity contribution in [1.29, 1.82) is 0 Å². The lowest BCUT2D eigenvalue weighted by atomic mass is 9.70. The first-order valence-corrected chi connectivity index (χ1v) is 14.8. The van der Waals surface area contributed by atoms with Crippen LogP contribution in [0.25, 0.3) is 22.2 Å². The fourth-order valence-electron chi connectivity index (χ4n) is 6.85. The smallest absolute Gasteiger partial charge is 0.265 e. The van der Waals surface area contributed by atoms with Gasteiger partial charge in [0.2, 0.25) is 0 Å². The van der Waals surface area contributed by atoms with Crippen LogP contribution in [0.15, 0.2) is 36.4 Å². The summed E-state index contributed by atoms with van der Waals surface area (Å²) in [4.78, 5) is 27.4. The third-order valence-electron chi connectivity index (χ3n) is 9.06. The summed E-state index contributed by atoms with van der Waals surface area (Å²) >= 11 is 0. The Balaban J connectivity index is 0.000000177. The quantitative estimate of drug-likeness (QED) is 0.349. The Morgan fingerprint density at radius 3 is 2.46 bits per heavy atom. The van der Waals surface area contributed by atoms with Crippen LogP contribution in [0.1, 0.15) is 54.6 Å². The molecule has 8 nitrogen and oxygen atoms in total. The lowest BCUT2D eigenvalue weighted by molar-refractivity contribution is -0.128. The largest absolute Gasteiger partial charge is 0.354 e. The van der Waals surface area contributed by atoms with Crippen molar-refractivity contribution >= 4 is 32.7 Å². The van der Waals surface area contributed by atoms with E-state index in [0.717, 1.165) is 41.6 Å². The molecule has 6 rings (SSSR count). The maximum absolute atomic E-state index is 13.9. The zero-order valence-electron chi connectivity index (χ0n) is 22.4. The van der Waals surface area contributed by atoms with Crippen molar-refractivity contribution in [2.24, 2.45) is 16.7 Å². The van der Waals surface area contributed by atoms with Crippen LogP contribution in [0, 0.1) is 22.6 Å². The van der Waals surface area contributed by atoms with Crippen LogP contribution >= 0.6 is 0 Å². The molecule has 39 heavy (non-hydrogen) atoms. The van der Waals surface area contributed by atoms with Gasteiger partial charge in [0.05, 0.1) is 16.7 Å². The third-order valence-corrected chi connectivity index (χ3v) is 9.92. The number of halogens is 1. The summed E-state index contributed by atoms with van der Waals surface area (Å²) in [6.45, 7) is 5.25. The topological polar surface area (TPSA) is 128 Å². The molecular weight excluding hydrogens is 521 g/mol. The van der Waals surface area contributed by atoms with E-state index < -0.39 is 27.1 Å². The molecule has 3 aliphatic rings. The number of benzene rings is 2. The van der Waals surface area contributed by atoms with Gasteiger partial charge in [0.15, 0.2) is 0 Å². The molecule has 3 aromatic rings. The molecule has 2 fully saturated rings. The number of amides is 1. The summed E-state index contributed by atoms with van der Waals surface area (Å²) in [7, 11) is -2.16. The molecule has 2 atom stereocenters. The van der Waals surface area contributed by atoms with Crippen LogP contribution in [0.2, 0.25) is 0 Å². The van der Waals surface area contributed by atoms with Crippen LogP contribution in [0.4, 0.5) is 4.39 Å². The zero-order chi connectivity index (χ0) is 28.2. The van der Waals surface area contributed by atoms with Crippen molar-refractivity contribution < 1.29 is 27.0 Å². The van der Waals surface area contributed by atoms with E-state index >= 15 is 0 Å². The number of aromatic nitrogens is 1. The molecule has 208 valence electrons. The second kappa shape index (κ2) is 9.83. The van der Waals surface area contributed by atoms with Crippen molar-refractivity contribution in [3.05, 3.63) is 58.9 Å². The molecule has 0 radical (unpaired) electrons. The van der Waals surface area contributed by atoms with E-state index in [4.69, 9.17) is 4.55 Å². The highest BCUT2D eigenvalue weighted by Gasteiger charge is 2.65. The first-order chi connectivity index (χ1) is 18.4. The second-order valence-corrected chi connectivity index (χ2v) is 12.9. The summed E-state index contributed by atoms with van der Waals surface area (Å²) in [6, 6.07) is 11.0. The molecule has 0 spiro atoms. The van der Waals surface area contributed by atoms with E-state index in [1.54, 1.807) is 0 Å². The molecule has 0 saturated heterocycles. The van der Waals surface area contributed by atoms with Gasteiger partial charge in [-0.1, -0.05) is 38.1 Å². The van der Waals surface area contributed by atoms with Crippen molar-refractivity contribution in [2.45, 2.75) is 46.1 Å². The van der Waals surface area contributed by atoms with Crippen molar-refractivity contribution in [1.82, 2.24) is 15.6 Å². The van der Waals surface area contributed by atoms with Gasteiger partial charge in [-0.2, -0.15) is 8.42 Å². The van der Waals surface area contributed by atoms with E-state index in [2.05, 4.69) is 39.9 Å². The van der Waals surface area contributed by atoms with Gasteiger partial charge in [-0.3, -0.25) is 14.1 Å². The van der Waals surface area contributed by atoms with Crippen LogP contribution in [-0.4, -0.2) is 49.0 Å². The van der Waals surface area contributed by atoms with E-state index in [1.165, 1.54) is 17.7 Å². The van der Waals surface area contributed by atoms with Gasteiger partial charge in [-0.05, 0) is 66.5 Å². The number of nitrogens with one attached hydrogen (secondary N) is 3. The Bertz CT molecular complexity index is 1560. The summed E-state index contributed by atoms with van der Waals surface area (Å²) in [5.74, 6) is -0.720. The number of hydrogen-bond donors (Lipinski definition) is 4. The predicted octanol–water partition coefficient (Wildman–Crippen LogP) is 4.25. The van der Waals surface area contributed by atoms with Crippen LogP contribution < -0.4 is 10.6 Å². The minimum Gasteiger partial charge on any atom is -0.354 e. The Kier molecular flexibility index (Phi) is 6.93. The van der Waals surface area contributed by atoms with E-state index in [9.17, 15) is 22.4 Å². The summed E-state index contributed by atoms with van der Waals surface area (Å²) in [5, 5.41) is 6.80. The predicted molar refractivity (Wildman–Crippen MR) is 147 cm³/mol. The highest BCUT2D eigenvalue weighted by atomic mass is 32.2. The number of hydrogen-bond acceptors (Lipinski definition) is 5. The Morgan fingerprint density at radius 1 is 1.15 bits per heavy atom. The van der Waals surface area contributed by atoms with Crippen molar-refractivity contribution in [2.75, 3.05) is 19.3 Å².